The number of fused-ring (bicyclic) bond motifs is 4. The van der Waals surface area contributed by atoms with Gasteiger partial charge in [-0.3, -0.25) is 19.2 Å². The second-order valence-electron chi connectivity index (χ2n) is 12.1. The highest BCUT2D eigenvalue weighted by Crippen LogP contribution is 2.38. The van der Waals surface area contributed by atoms with E-state index in [2.05, 4.69) is 0 Å². The molecule has 0 aliphatic carbocycles. The largest absolute Gasteiger partial charge is 0.481 e. The second kappa shape index (κ2) is 13.7. The van der Waals surface area contributed by atoms with E-state index in [0.29, 0.717) is 56.8 Å². The molecule has 5 aliphatic heterocycles. The standard InChI is InChI=1S/C36H36N4O8/c1-17-21(5-9-33(41)42)29-14-27-19(3)23(7-11-35(45)46)31(39-27)16-32-24(8-12-36(47)48)20(4)28(40-32)15-30-22(6-10-34(43)44)18(2)26(38-30)13-25(17)37-29/h13-16H,5-12H2,1-4H3,(H,41,42)(H,43,44)(H,45,46)(H,47,48). The molecule has 0 radical (unpaired) electrons. The normalized spacial score (nSPS) is 18.8. The van der Waals surface area contributed by atoms with Crippen molar-refractivity contribution in [2.75, 3.05) is 0 Å². The molecule has 0 fully saturated rings. The number of nitrogens with zero attached hydrogens (tertiary/aromatic N) is 4. The Labute approximate surface area is 276 Å². The fourth-order valence-electron chi connectivity index (χ4n) is 6.26. The molecule has 0 saturated heterocycles. The number of carboxylic acids is 4. The summed E-state index contributed by atoms with van der Waals surface area (Å²) in [6.45, 7) is 7.45. The smallest absolute Gasteiger partial charge is 0.303 e. The lowest BCUT2D eigenvalue weighted by molar-refractivity contribution is -0.137. The lowest BCUT2D eigenvalue weighted by atomic mass is 9.95. The summed E-state index contributed by atoms with van der Waals surface area (Å²) in [7, 11) is 0. The minimum absolute atomic E-state index is 0.113. The van der Waals surface area contributed by atoms with Crippen molar-refractivity contribution in [3.8, 4) is 0 Å². The molecule has 5 rings (SSSR count). The van der Waals surface area contributed by atoms with Crippen molar-refractivity contribution in [2.45, 2.75) is 79.1 Å². The van der Waals surface area contributed by atoms with Crippen LogP contribution in [0.1, 0.15) is 79.1 Å². The minimum Gasteiger partial charge on any atom is -0.481 e. The highest BCUT2D eigenvalue weighted by Gasteiger charge is 2.29. The van der Waals surface area contributed by atoms with Crippen molar-refractivity contribution in [1.82, 2.24) is 0 Å². The number of carboxylic acid groups (broad SMARTS) is 4. The summed E-state index contributed by atoms with van der Waals surface area (Å²) in [5.74, 6) is -3.83. The highest BCUT2D eigenvalue weighted by atomic mass is 16.4. The van der Waals surface area contributed by atoms with Crippen molar-refractivity contribution in [3.05, 3.63) is 91.7 Å². The molecule has 4 N–H and O–H groups in total. The average molecular weight is 653 g/mol. The Hall–Kier alpha value is -5.52. The summed E-state index contributed by atoms with van der Waals surface area (Å²) in [6, 6.07) is 0. The van der Waals surface area contributed by atoms with Crippen LogP contribution in [0.5, 0.6) is 0 Å². The van der Waals surface area contributed by atoms with Crippen LogP contribution in [0.2, 0.25) is 0 Å². The number of aliphatic carboxylic acids is 4. The highest BCUT2D eigenvalue weighted by molar-refractivity contribution is 6.20. The zero-order chi connectivity index (χ0) is 34.9. The molecule has 5 heterocycles. The predicted molar refractivity (Wildman–Crippen MR) is 180 cm³/mol. The number of allylic oxidation sites excluding steroid dienone is 12. The van der Waals surface area contributed by atoms with Crippen molar-refractivity contribution in [1.29, 1.82) is 0 Å². The first-order valence-corrected chi connectivity index (χ1v) is 15.6. The molecule has 0 atom stereocenters. The van der Waals surface area contributed by atoms with E-state index in [1.165, 1.54) is 0 Å². The van der Waals surface area contributed by atoms with E-state index in [0.717, 1.165) is 33.4 Å². The summed E-state index contributed by atoms with van der Waals surface area (Å²) < 4.78 is 0. The third-order valence-electron chi connectivity index (χ3n) is 9.00. The van der Waals surface area contributed by atoms with Crippen LogP contribution < -0.4 is 0 Å². The van der Waals surface area contributed by atoms with E-state index in [1.807, 2.05) is 33.8 Å². The molecule has 12 nitrogen and oxygen atoms in total. The molecule has 8 bridgehead atoms. The van der Waals surface area contributed by atoms with Gasteiger partial charge >= 0.3 is 23.9 Å². The van der Waals surface area contributed by atoms with E-state index in [-0.39, 0.29) is 51.4 Å². The monoisotopic (exact) mass is 652 g/mol. The molecule has 0 saturated carbocycles. The molecule has 0 amide bonds. The summed E-state index contributed by atoms with van der Waals surface area (Å²) in [5, 5.41) is 38.0. The van der Waals surface area contributed by atoms with Crippen LogP contribution in [0.15, 0.2) is 112 Å². The van der Waals surface area contributed by atoms with Crippen molar-refractivity contribution in [3.63, 3.8) is 0 Å². The first-order valence-electron chi connectivity index (χ1n) is 15.6. The van der Waals surface area contributed by atoms with E-state index < -0.39 is 23.9 Å². The first-order chi connectivity index (χ1) is 22.7. The number of hydrogen-bond acceptors (Lipinski definition) is 8. The van der Waals surface area contributed by atoms with Crippen molar-refractivity contribution >= 4 is 46.7 Å². The minimum atomic E-state index is -0.966. The van der Waals surface area contributed by atoms with Crippen LogP contribution in [0, 0.1) is 0 Å². The number of aliphatic imine (C=N–C) groups is 4. The van der Waals surface area contributed by atoms with Crippen LogP contribution in [0.25, 0.3) is 0 Å². The average Bonchev–Trinajstić information content (AvgIpc) is 3.66. The van der Waals surface area contributed by atoms with E-state index in [9.17, 15) is 39.6 Å². The second-order valence-corrected chi connectivity index (χ2v) is 12.1. The van der Waals surface area contributed by atoms with Crippen LogP contribution in [-0.2, 0) is 19.2 Å². The van der Waals surface area contributed by atoms with Gasteiger partial charge in [-0.2, -0.15) is 0 Å². The molecule has 0 aromatic carbocycles. The van der Waals surface area contributed by atoms with Crippen LogP contribution in [0.3, 0.4) is 0 Å². The van der Waals surface area contributed by atoms with Gasteiger partial charge in [-0.25, -0.2) is 20.0 Å². The molecular weight excluding hydrogens is 616 g/mol. The fourth-order valence-corrected chi connectivity index (χ4v) is 6.26. The van der Waals surface area contributed by atoms with Gasteiger partial charge in [-0.1, -0.05) is 0 Å². The summed E-state index contributed by atoms with van der Waals surface area (Å²) in [6.07, 6.45) is 7.49. The zero-order valence-corrected chi connectivity index (χ0v) is 27.2. The molecule has 0 aromatic heterocycles. The topological polar surface area (TPSA) is 199 Å². The maximum absolute atomic E-state index is 11.6. The van der Waals surface area contributed by atoms with Gasteiger partial charge in [0.25, 0.3) is 0 Å². The van der Waals surface area contributed by atoms with Gasteiger partial charge in [0.05, 0.1) is 45.6 Å². The third kappa shape index (κ3) is 7.07. The van der Waals surface area contributed by atoms with Crippen molar-refractivity contribution < 1.29 is 39.6 Å². The molecule has 48 heavy (non-hydrogen) atoms. The molecule has 0 aromatic rings. The molecule has 0 spiro atoms. The van der Waals surface area contributed by atoms with Crippen molar-refractivity contribution in [2.24, 2.45) is 20.0 Å². The number of carbonyl (C=O) groups is 4. The summed E-state index contributed by atoms with van der Waals surface area (Å²) in [5.41, 5.74) is 10.3. The Bertz CT molecular complexity index is 1950. The molecule has 5 aliphatic rings. The number of rotatable bonds is 12. The Morgan fingerprint density at radius 2 is 0.688 bits per heavy atom. The lowest BCUT2D eigenvalue weighted by Crippen LogP contribution is -2.04. The summed E-state index contributed by atoms with van der Waals surface area (Å²) >= 11 is 0. The maximum atomic E-state index is 11.6. The van der Waals surface area contributed by atoms with Crippen LogP contribution in [-0.4, -0.2) is 67.2 Å². The Morgan fingerprint density at radius 3 is 1.04 bits per heavy atom. The summed E-state index contributed by atoms with van der Waals surface area (Å²) in [4.78, 5) is 65.9. The third-order valence-corrected chi connectivity index (χ3v) is 9.00. The van der Waals surface area contributed by atoms with E-state index in [1.54, 1.807) is 18.2 Å². The van der Waals surface area contributed by atoms with Gasteiger partial charge in [0.2, 0.25) is 0 Å². The quantitative estimate of drug-likeness (QED) is 0.194. The first kappa shape index (κ1) is 33.8. The lowest BCUT2D eigenvalue weighted by Gasteiger charge is -2.07. The van der Waals surface area contributed by atoms with Crippen LogP contribution in [0.4, 0.5) is 0 Å². The Balaban J connectivity index is 1.77. The number of hydrogen-bond donors (Lipinski definition) is 4. The predicted octanol–water partition coefficient (Wildman–Crippen LogP) is 6.08. The Morgan fingerprint density at radius 1 is 0.417 bits per heavy atom. The van der Waals surface area contributed by atoms with E-state index in [4.69, 9.17) is 20.0 Å². The van der Waals surface area contributed by atoms with Gasteiger partial charge in [0, 0.05) is 25.7 Å². The molecular formula is C36H36N4O8. The van der Waals surface area contributed by atoms with Gasteiger partial charge in [0.15, 0.2) is 0 Å². The molecule has 12 heteroatoms. The maximum Gasteiger partial charge on any atom is 0.303 e. The molecule has 0 unspecified atom stereocenters. The molecule has 248 valence electrons. The van der Waals surface area contributed by atoms with Gasteiger partial charge < -0.3 is 20.4 Å². The zero-order valence-electron chi connectivity index (χ0n) is 27.2. The van der Waals surface area contributed by atoms with Gasteiger partial charge in [-0.05, 0) is 122 Å². The van der Waals surface area contributed by atoms with Gasteiger partial charge in [-0.15, -0.1) is 0 Å². The van der Waals surface area contributed by atoms with Gasteiger partial charge in [0.1, 0.15) is 0 Å². The SMILES string of the molecule is CC1=C(CCC(=O)O)C2=CC3=NC(=CC4=NC(=CC5=NC(=CC1=N2)C(C)=C5CCC(=O)O)C(C)=C4CCC(=O)O)C(CCC(=O)O)=C3C. The van der Waals surface area contributed by atoms with Crippen LogP contribution >= 0.6 is 0 Å². The Kier molecular flexibility index (Phi) is 9.64. The fraction of sp³-hybridized carbons (Fsp3) is 0.333. The van der Waals surface area contributed by atoms with E-state index >= 15 is 0 Å².